The SMILES string of the molecule is COc1ccc(C#Cc2ccccc2I)cc1. The number of halogens is 1. The molecule has 17 heavy (non-hydrogen) atoms. The van der Waals surface area contributed by atoms with Gasteiger partial charge in [-0.15, -0.1) is 0 Å². The summed E-state index contributed by atoms with van der Waals surface area (Å²) in [6, 6.07) is 15.8. The van der Waals surface area contributed by atoms with Crippen molar-refractivity contribution >= 4 is 22.6 Å². The van der Waals surface area contributed by atoms with Crippen molar-refractivity contribution in [1.82, 2.24) is 0 Å². The average Bonchev–Trinajstić information content (AvgIpc) is 2.38. The van der Waals surface area contributed by atoms with E-state index in [0.717, 1.165) is 16.9 Å². The molecule has 2 heteroatoms. The molecule has 0 aliphatic rings. The van der Waals surface area contributed by atoms with Crippen LogP contribution < -0.4 is 4.74 Å². The van der Waals surface area contributed by atoms with E-state index in [1.165, 1.54) is 3.57 Å². The molecule has 0 saturated heterocycles. The maximum absolute atomic E-state index is 5.10. The number of hydrogen-bond donors (Lipinski definition) is 0. The standard InChI is InChI=1S/C15H11IO/c1-17-14-10-7-12(8-11-14)6-9-13-4-2-3-5-15(13)16/h2-5,7-8,10-11H,1H3. The van der Waals surface area contributed by atoms with Crippen LogP contribution in [0.1, 0.15) is 11.1 Å². The number of methoxy groups -OCH3 is 1. The molecular weight excluding hydrogens is 323 g/mol. The van der Waals surface area contributed by atoms with Gasteiger partial charge >= 0.3 is 0 Å². The molecular formula is C15H11IO. The van der Waals surface area contributed by atoms with Gasteiger partial charge in [0.2, 0.25) is 0 Å². The zero-order valence-electron chi connectivity index (χ0n) is 9.41. The Bertz CT molecular complexity index is 561. The van der Waals surface area contributed by atoms with E-state index in [9.17, 15) is 0 Å². The van der Waals surface area contributed by atoms with Crippen LogP contribution in [0.3, 0.4) is 0 Å². The molecule has 0 N–H and O–H groups in total. The lowest BCUT2D eigenvalue weighted by molar-refractivity contribution is 0.415. The van der Waals surface area contributed by atoms with Gasteiger partial charge < -0.3 is 4.74 Å². The minimum Gasteiger partial charge on any atom is -0.497 e. The normalized spacial score (nSPS) is 9.29. The maximum Gasteiger partial charge on any atom is 0.118 e. The van der Waals surface area contributed by atoms with Gasteiger partial charge in [-0.2, -0.15) is 0 Å². The first-order valence-corrected chi connectivity index (χ1v) is 6.28. The van der Waals surface area contributed by atoms with Gasteiger partial charge in [-0.1, -0.05) is 24.0 Å². The quantitative estimate of drug-likeness (QED) is 0.571. The van der Waals surface area contributed by atoms with Gasteiger partial charge in [0.15, 0.2) is 0 Å². The third-order valence-corrected chi connectivity index (χ3v) is 3.25. The highest BCUT2D eigenvalue weighted by atomic mass is 127. The van der Waals surface area contributed by atoms with Crippen LogP contribution in [-0.2, 0) is 0 Å². The zero-order chi connectivity index (χ0) is 12.1. The van der Waals surface area contributed by atoms with Crippen molar-refractivity contribution in [1.29, 1.82) is 0 Å². The summed E-state index contributed by atoms with van der Waals surface area (Å²) in [5.41, 5.74) is 2.05. The van der Waals surface area contributed by atoms with Crippen LogP contribution in [0.5, 0.6) is 5.75 Å². The summed E-state index contributed by atoms with van der Waals surface area (Å²) in [6.07, 6.45) is 0. The lowest BCUT2D eigenvalue weighted by atomic mass is 10.2. The predicted octanol–water partition coefficient (Wildman–Crippen LogP) is 3.70. The fraction of sp³-hybridized carbons (Fsp3) is 0.0667. The largest absolute Gasteiger partial charge is 0.497 e. The van der Waals surface area contributed by atoms with Crippen LogP contribution in [0, 0.1) is 15.4 Å². The summed E-state index contributed by atoms with van der Waals surface area (Å²) in [5, 5.41) is 0. The summed E-state index contributed by atoms with van der Waals surface area (Å²) < 4.78 is 6.27. The minimum atomic E-state index is 0.852. The molecule has 0 heterocycles. The molecule has 0 aromatic heterocycles. The topological polar surface area (TPSA) is 9.23 Å². The van der Waals surface area contributed by atoms with Gasteiger partial charge in [-0.3, -0.25) is 0 Å². The van der Waals surface area contributed by atoms with Crippen LogP contribution in [0.2, 0.25) is 0 Å². The fourth-order valence-corrected chi connectivity index (χ4v) is 1.90. The highest BCUT2D eigenvalue weighted by molar-refractivity contribution is 14.1. The van der Waals surface area contributed by atoms with E-state index in [1.54, 1.807) is 7.11 Å². The smallest absolute Gasteiger partial charge is 0.118 e. The third kappa shape index (κ3) is 3.24. The molecule has 0 saturated carbocycles. The molecule has 0 unspecified atom stereocenters. The first-order chi connectivity index (χ1) is 8.29. The summed E-state index contributed by atoms with van der Waals surface area (Å²) >= 11 is 2.29. The Kier molecular flexibility index (Phi) is 4.05. The van der Waals surface area contributed by atoms with Gasteiger partial charge in [0.1, 0.15) is 5.75 Å². The molecule has 0 atom stereocenters. The van der Waals surface area contributed by atoms with E-state index in [-0.39, 0.29) is 0 Å². The van der Waals surface area contributed by atoms with Gasteiger partial charge in [0, 0.05) is 14.7 Å². The molecule has 2 aromatic carbocycles. The lowest BCUT2D eigenvalue weighted by Crippen LogP contribution is -1.83. The molecule has 0 fully saturated rings. The van der Waals surface area contributed by atoms with Crippen LogP contribution in [0.4, 0.5) is 0 Å². The first-order valence-electron chi connectivity index (χ1n) is 5.20. The molecule has 0 aliphatic heterocycles. The summed E-state index contributed by atoms with van der Waals surface area (Å²) in [4.78, 5) is 0. The Hall–Kier alpha value is -1.47. The Morgan fingerprint density at radius 2 is 1.65 bits per heavy atom. The molecule has 2 rings (SSSR count). The van der Waals surface area contributed by atoms with E-state index < -0.39 is 0 Å². The average molecular weight is 334 g/mol. The maximum atomic E-state index is 5.10. The van der Waals surface area contributed by atoms with Crippen LogP contribution in [-0.4, -0.2) is 7.11 Å². The van der Waals surface area contributed by atoms with Gasteiger partial charge in [0.05, 0.1) is 7.11 Å². The van der Waals surface area contributed by atoms with E-state index in [0.29, 0.717) is 0 Å². The third-order valence-electron chi connectivity index (χ3n) is 2.31. The highest BCUT2D eigenvalue weighted by Crippen LogP contribution is 2.12. The van der Waals surface area contributed by atoms with Crippen molar-refractivity contribution in [3.05, 3.63) is 63.2 Å². The van der Waals surface area contributed by atoms with E-state index in [4.69, 9.17) is 4.74 Å². The predicted molar refractivity (Wildman–Crippen MR) is 78.1 cm³/mol. The van der Waals surface area contributed by atoms with Crippen LogP contribution in [0.25, 0.3) is 0 Å². The molecule has 2 aromatic rings. The van der Waals surface area contributed by atoms with E-state index in [2.05, 4.69) is 40.5 Å². The zero-order valence-corrected chi connectivity index (χ0v) is 11.6. The molecule has 0 radical (unpaired) electrons. The molecule has 0 bridgehead atoms. The monoisotopic (exact) mass is 334 g/mol. The van der Waals surface area contributed by atoms with E-state index >= 15 is 0 Å². The Labute approximate surface area is 115 Å². The van der Waals surface area contributed by atoms with Crippen molar-refractivity contribution in [3.63, 3.8) is 0 Å². The molecule has 0 amide bonds. The second-order valence-corrected chi connectivity index (χ2v) is 4.62. The summed E-state index contributed by atoms with van der Waals surface area (Å²) in [6.45, 7) is 0. The van der Waals surface area contributed by atoms with Gasteiger partial charge in [-0.05, 0) is 59.0 Å². The second-order valence-electron chi connectivity index (χ2n) is 3.46. The van der Waals surface area contributed by atoms with Crippen LogP contribution in [0.15, 0.2) is 48.5 Å². The lowest BCUT2D eigenvalue weighted by Gasteiger charge is -1.97. The highest BCUT2D eigenvalue weighted by Gasteiger charge is 1.93. The van der Waals surface area contributed by atoms with Gasteiger partial charge in [0.25, 0.3) is 0 Å². The minimum absolute atomic E-state index is 0.852. The number of rotatable bonds is 1. The van der Waals surface area contributed by atoms with Crippen molar-refractivity contribution in [2.24, 2.45) is 0 Å². The van der Waals surface area contributed by atoms with Crippen molar-refractivity contribution in [2.45, 2.75) is 0 Å². The summed E-state index contributed by atoms with van der Waals surface area (Å²) in [7, 11) is 1.66. The number of benzene rings is 2. The fourth-order valence-electron chi connectivity index (χ4n) is 1.38. The van der Waals surface area contributed by atoms with Gasteiger partial charge in [-0.25, -0.2) is 0 Å². The Balaban J connectivity index is 2.24. The Morgan fingerprint density at radius 3 is 2.29 bits per heavy atom. The first kappa shape index (κ1) is 12.0. The van der Waals surface area contributed by atoms with Crippen molar-refractivity contribution < 1.29 is 4.74 Å². The molecule has 0 spiro atoms. The number of hydrogen-bond acceptors (Lipinski definition) is 1. The number of ether oxygens (including phenoxy) is 1. The molecule has 84 valence electrons. The van der Waals surface area contributed by atoms with Crippen LogP contribution >= 0.6 is 22.6 Å². The van der Waals surface area contributed by atoms with Crippen molar-refractivity contribution in [3.8, 4) is 17.6 Å². The van der Waals surface area contributed by atoms with Crippen molar-refractivity contribution in [2.75, 3.05) is 7.11 Å². The summed E-state index contributed by atoms with van der Waals surface area (Å²) in [5.74, 6) is 7.16. The Morgan fingerprint density at radius 1 is 0.941 bits per heavy atom. The molecule has 0 aliphatic carbocycles. The molecule has 1 nitrogen and oxygen atoms in total. The second kappa shape index (κ2) is 5.74. The van der Waals surface area contributed by atoms with E-state index in [1.807, 2.05) is 42.5 Å².